The van der Waals surface area contributed by atoms with E-state index in [-0.39, 0.29) is 38.2 Å². The third-order valence-corrected chi connectivity index (χ3v) is 18.8. The smallest absolute Gasteiger partial charge is 0.361 e. The van der Waals surface area contributed by atoms with E-state index in [0.717, 1.165) is 70.6 Å². The lowest BCUT2D eigenvalue weighted by molar-refractivity contribution is -0.870. The van der Waals surface area contributed by atoms with Crippen LogP contribution < -0.4 is 0 Å². The number of allylic oxidation sites excluding steroid dienone is 10. The SMILES string of the molecule is CC/C=C\C/C=C\C/C=C\C/C=C\C/C=C\CCCCCCCCCCCCCCCCCCCCCCCC(=O)OC(COC(=O)CCCCCCCCCCCCCCCCCCCCCCCCCCCCCCCCCCC)COC(OCC[N+](C)(C)C)C(=O)O. The maximum Gasteiger partial charge on any atom is 0.361 e. The number of nitrogens with zero attached hydrogens (tertiary/aromatic N) is 1. The minimum Gasteiger partial charge on any atom is -0.477 e. The molecule has 0 saturated carbocycles. The number of carboxylic acids is 1. The Morgan fingerprint density at radius 1 is 0.326 bits per heavy atom. The maximum absolute atomic E-state index is 13.0. The Morgan fingerprint density at radius 2 is 0.600 bits per heavy atom. The Balaban J connectivity index is 3.95. The maximum atomic E-state index is 13.0. The van der Waals surface area contributed by atoms with Gasteiger partial charge in [-0.15, -0.1) is 0 Å². The van der Waals surface area contributed by atoms with Gasteiger partial charge in [-0.25, -0.2) is 4.79 Å². The highest BCUT2D eigenvalue weighted by Gasteiger charge is 2.25. The van der Waals surface area contributed by atoms with Crippen molar-refractivity contribution < 1.29 is 42.9 Å². The van der Waals surface area contributed by atoms with Crippen LogP contribution in [-0.2, 0) is 33.3 Å². The fraction of sp³-hybridized carbons (Fsp3) is 0.849. The lowest BCUT2D eigenvalue weighted by atomic mass is 10.0. The number of hydrogen-bond donors (Lipinski definition) is 1. The number of esters is 2. The van der Waals surface area contributed by atoms with E-state index < -0.39 is 18.4 Å². The van der Waals surface area contributed by atoms with Crippen LogP contribution in [0.4, 0.5) is 0 Å². The summed E-state index contributed by atoms with van der Waals surface area (Å²) in [6.07, 6.45) is 99.7. The van der Waals surface area contributed by atoms with Gasteiger partial charge in [-0.2, -0.15) is 0 Å². The van der Waals surface area contributed by atoms with E-state index in [2.05, 4.69) is 74.6 Å². The van der Waals surface area contributed by atoms with E-state index >= 15 is 0 Å². The molecule has 0 saturated heterocycles. The van der Waals surface area contributed by atoms with Gasteiger partial charge >= 0.3 is 17.9 Å². The zero-order chi connectivity index (χ0) is 69.0. The van der Waals surface area contributed by atoms with Crippen LogP contribution in [-0.4, -0.2) is 87.4 Å². The highest BCUT2D eigenvalue weighted by Crippen LogP contribution is 2.20. The van der Waals surface area contributed by atoms with E-state index in [4.69, 9.17) is 18.9 Å². The molecule has 556 valence electrons. The largest absolute Gasteiger partial charge is 0.477 e. The molecule has 0 aliphatic carbocycles. The quantitative estimate of drug-likeness (QED) is 0.0211. The van der Waals surface area contributed by atoms with Gasteiger partial charge in [0.25, 0.3) is 6.29 Å². The Bertz CT molecular complexity index is 1750. The lowest BCUT2D eigenvalue weighted by Gasteiger charge is -2.25. The Morgan fingerprint density at radius 3 is 0.895 bits per heavy atom. The van der Waals surface area contributed by atoms with Gasteiger partial charge in [-0.1, -0.05) is 402 Å². The first-order valence-electron chi connectivity index (χ1n) is 41.5. The number of aliphatic carboxylic acids is 1. The van der Waals surface area contributed by atoms with E-state index in [1.807, 2.05) is 21.1 Å². The summed E-state index contributed by atoms with van der Waals surface area (Å²) in [6.45, 7) is 4.84. The van der Waals surface area contributed by atoms with Crippen molar-refractivity contribution in [2.45, 2.75) is 424 Å². The predicted octanol–water partition coefficient (Wildman–Crippen LogP) is 26.6. The molecule has 0 aliphatic rings. The van der Waals surface area contributed by atoms with Crippen molar-refractivity contribution in [3.05, 3.63) is 60.8 Å². The Labute approximate surface area is 590 Å². The molecule has 9 heteroatoms. The number of carboxylic acid groups (broad SMARTS) is 1. The molecule has 0 aromatic heterocycles. The van der Waals surface area contributed by atoms with Crippen LogP contribution in [0.5, 0.6) is 0 Å². The molecule has 0 rings (SSSR count). The van der Waals surface area contributed by atoms with Crippen LogP contribution in [0.15, 0.2) is 60.8 Å². The molecule has 0 aliphatic heterocycles. The third-order valence-electron chi connectivity index (χ3n) is 18.8. The summed E-state index contributed by atoms with van der Waals surface area (Å²) >= 11 is 0. The molecule has 0 fully saturated rings. The molecule has 0 spiro atoms. The van der Waals surface area contributed by atoms with E-state index in [0.29, 0.717) is 17.4 Å². The number of hydrogen-bond acceptors (Lipinski definition) is 7. The molecule has 2 atom stereocenters. The van der Waals surface area contributed by atoms with Gasteiger partial charge in [-0.05, 0) is 57.8 Å². The minimum atomic E-state index is -1.51. The van der Waals surface area contributed by atoms with Crippen LogP contribution in [0.3, 0.4) is 0 Å². The average Bonchev–Trinajstić information content (AvgIpc) is 3.75. The van der Waals surface area contributed by atoms with Crippen LogP contribution in [0.1, 0.15) is 412 Å². The van der Waals surface area contributed by atoms with Gasteiger partial charge in [0.05, 0.1) is 34.4 Å². The Hall–Kier alpha value is -3.01. The molecule has 0 bridgehead atoms. The Kier molecular flexibility index (Phi) is 74.3. The second-order valence-corrected chi connectivity index (χ2v) is 29.4. The van der Waals surface area contributed by atoms with Crippen LogP contribution in [0, 0.1) is 0 Å². The van der Waals surface area contributed by atoms with E-state index in [1.165, 1.54) is 315 Å². The minimum absolute atomic E-state index is 0.176. The normalized spacial score (nSPS) is 12.9. The molecule has 95 heavy (non-hydrogen) atoms. The van der Waals surface area contributed by atoms with Gasteiger partial charge in [0.2, 0.25) is 0 Å². The molecule has 0 radical (unpaired) electrons. The molecule has 1 N–H and O–H groups in total. The van der Waals surface area contributed by atoms with Crippen molar-refractivity contribution in [1.29, 1.82) is 0 Å². The highest BCUT2D eigenvalue weighted by atomic mass is 16.7. The summed E-state index contributed by atoms with van der Waals surface area (Å²) in [6, 6.07) is 0. The van der Waals surface area contributed by atoms with Gasteiger partial charge in [0.15, 0.2) is 6.10 Å². The molecular formula is C86H160NO8+. The first-order valence-corrected chi connectivity index (χ1v) is 41.5. The van der Waals surface area contributed by atoms with Crippen molar-refractivity contribution in [3.8, 4) is 0 Å². The van der Waals surface area contributed by atoms with Gasteiger partial charge in [0, 0.05) is 12.8 Å². The molecule has 2 unspecified atom stereocenters. The van der Waals surface area contributed by atoms with Gasteiger partial charge in [-0.3, -0.25) is 9.59 Å². The molecule has 0 heterocycles. The van der Waals surface area contributed by atoms with Gasteiger partial charge in [0.1, 0.15) is 13.2 Å². The highest BCUT2D eigenvalue weighted by molar-refractivity contribution is 5.71. The molecule has 0 aromatic rings. The van der Waals surface area contributed by atoms with Crippen LogP contribution >= 0.6 is 0 Å². The second kappa shape index (κ2) is 76.7. The molecule has 9 nitrogen and oxygen atoms in total. The fourth-order valence-electron chi connectivity index (χ4n) is 12.5. The first-order chi connectivity index (χ1) is 46.6. The topological polar surface area (TPSA) is 108 Å². The van der Waals surface area contributed by atoms with Crippen LogP contribution in [0.2, 0.25) is 0 Å². The van der Waals surface area contributed by atoms with Crippen molar-refractivity contribution in [1.82, 2.24) is 0 Å². The number of carbonyl (C=O) groups is 3. The molecule has 0 amide bonds. The number of ether oxygens (including phenoxy) is 4. The average molecular weight is 1340 g/mol. The number of unbranched alkanes of at least 4 members (excludes halogenated alkanes) is 53. The van der Waals surface area contributed by atoms with Crippen molar-refractivity contribution >= 4 is 17.9 Å². The van der Waals surface area contributed by atoms with Crippen LogP contribution in [0.25, 0.3) is 0 Å². The molecular weight excluding hydrogens is 1170 g/mol. The number of likely N-dealkylation sites (N-methyl/N-ethyl adjacent to an activating group) is 1. The van der Waals surface area contributed by atoms with E-state index in [9.17, 15) is 19.5 Å². The fourth-order valence-corrected chi connectivity index (χ4v) is 12.5. The third kappa shape index (κ3) is 78.2. The zero-order valence-electron chi connectivity index (χ0n) is 63.8. The van der Waals surface area contributed by atoms with Crippen molar-refractivity contribution in [3.63, 3.8) is 0 Å². The van der Waals surface area contributed by atoms with Crippen molar-refractivity contribution in [2.24, 2.45) is 0 Å². The van der Waals surface area contributed by atoms with E-state index in [1.54, 1.807) is 0 Å². The van der Waals surface area contributed by atoms with Crippen molar-refractivity contribution in [2.75, 3.05) is 47.5 Å². The number of carbonyl (C=O) groups excluding carboxylic acids is 2. The summed E-state index contributed by atoms with van der Waals surface area (Å²) in [5, 5.41) is 9.78. The number of quaternary nitrogens is 1. The van der Waals surface area contributed by atoms with Gasteiger partial charge < -0.3 is 28.5 Å². The standard InChI is InChI=1S/C86H159NO8/c1-6-8-10-12-14-16-18-20-22-24-26-28-30-32-34-36-38-40-41-42-43-45-47-49-51-53-55-57-59-61-63-65-67-69-71-73-75-77-84(89)95-82(81-94-86(85(90)91)92-79-78-87(3,4)5)80-93-83(88)76-74-72-70-68-66-64-62-60-58-56-54-52-50-48-46-44-39-37-35-33-31-29-27-25-23-21-19-17-15-13-11-9-7-2/h8,10,14,16,20,22,26,28,32,34,82,86H,6-7,9,11-13,15,17-19,21,23-25,27,29-31,33,35-81H2,1-5H3/p+1/b10-8-,16-14-,22-20-,28-26-,34-32-. The predicted molar refractivity (Wildman–Crippen MR) is 410 cm³/mol. The monoisotopic (exact) mass is 1340 g/mol. The molecule has 0 aromatic carbocycles. The lowest BCUT2D eigenvalue weighted by Crippen LogP contribution is -2.40. The first kappa shape index (κ1) is 92.0. The summed E-state index contributed by atoms with van der Waals surface area (Å²) in [7, 11) is 6.00. The number of rotatable bonds is 78. The summed E-state index contributed by atoms with van der Waals surface area (Å²) < 4.78 is 23.1. The zero-order valence-corrected chi connectivity index (χ0v) is 63.8. The summed E-state index contributed by atoms with van der Waals surface area (Å²) in [5.41, 5.74) is 0. The summed E-state index contributed by atoms with van der Waals surface area (Å²) in [4.78, 5) is 37.8. The summed E-state index contributed by atoms with van der Waals surface area (Å²) in [5.74, 6) is -1.97. The second-order valence-electron chi connectivity index (χ2n) is 29.4.